The van der Waals surface area contributed by atoms with E-state index in [9.17, 15) is 8.42 Å². The number of likely N-dealkylation sites (tertiary alicyclic amines) is 1. The zero-order valence-corrected chi connectivity index (χ0v) is 19.6. The first-order valence-electron chi connectivity index (χ1n) is 21.9. The number of nitrogens with one attached hydrogen (secondary N) is 3. The Morgan fingerprint density at radius 2 is 1.92 bits per heavy atom. The number of anilines is 4. The molecule has 0 bridgehead atoms. The Bertz CT molecular complexity index is 2110. The molecule has 0 spiro atoms. The van der Waals surface area contributed by atoms with E-state index in [-0.39, 0.29) is 22.0 Å². The van der Waals surface area contributed by atoms with Gasteiger partial charge in [-0.05, 0) is 95.6 Å². The van der Waals surface area contributed by atoms with E-state index < -0.39 is 110 Å². The van der Waals surface area contributed by atoms with Crippen molar-refractivity contribution < 1.29 is 44.7 Å². The zero-order chi connectivity index (χ0) is 46.3. The number of hydrogen-bond acceptors (Lipinski definition) is 8. The van der Waals surface area contributed by atoms with Gasteiger partial charge in [0.2, 0.25) is 16.0 Å². The maximum atomic E-state index is 13.5. The van der Waals surface area contributed by atoms with Crippen molar-refractivity contribution in [2.45, 2.75) is 50.6 Å². The number of ether oxygens (including phenoxy) is 1. The number of hydrogen-bond donors (Lipinski definition) is 3. The smallest absolute Gasteiger partial charge is 0.241 e. The minimum atomic E-state index is -5.28. The summed E-state index contributed by atoms with van der Waals surface area (Å²) in [6, 6.07) is 8.88. The molecule has 10 heteroatoms. The van der Waals surface area contributed by atoms with Gasteiger partial charge in [0.15, 0.2) is 0 Å². The normalized spacial score (nSPS) is 32.2. The van der Waals surface area contributed by atoms with Crippen molar-refractivity contribution in [3.63, 3.8) is 0 Å². The van der Waals surface area contributed by atoms with Gasteiger partial charge in [0, 0.05) is 64.0 Å². The standard InChI is InChI=1S/C27H36N6O3S/c1-20-19-28-26(30-21-10-12-23(13-11-21)36-17-16-33-14-5-6-15-33)31-25(20)29-22-8-7-9-24(18-22)37(34,35)32-27(2,3)4/h7-13,18-19,32H,5-6,14-17H2,1-4H3,(H2,28,29,30,31)/i1D3,2D3,3D3,4D3,5D2,6D2,14D2,15D2,16D,17D,19D. The Morgan fingerprint density at radius 3 is 2.65 bits per heavy atom. The minimum Gasteiger partial charge on any atom is -0.492 e. The van der Waals surface area contributed by atoms with Crippen molar-refractivity contribution in [2.24, 2.45) is 0 Å². The van der Waals surface area contributed by atoms with E-state index in [0.717, 1.165) is 18.2 Å². The summed E-state index contributed by atoms with van der Waals surface area (Å²) in [5, 5.41) is 5.22. The SMILES string of the molecule is [2H]c1nc(Nc2ccc(OC([2H])C([2H])N3C([2H])([2H])C([2H])([2H])C([2H])([2H])C3([2H])[2H])cc2)nc(Nc2cccc(S(=O)(=O)NC(C([2H])([2H])[2H])(C([2H])([2H])[2H])C([2H])([2H])[2H])c2)c1C([2H])([2H])[2H]. The van der Waals surface area contributed by atoms with Crippen LogP contribution in [0.4, 0.5) is 23.1 Å². The molecule has 1 aliphatic rings. The summed E-state index contributed by atoms with van der Waals surface area (Å²) in [6.07, 6.45) is -7.70. The summed E-state index contributed by atoms with van der Waals surface area (Å²) < 4.78 is 216. The van der Waals surface area contributed by atoms with Crippen LogP contribution in [0.1, 0.15) is 70.4 Å². The molecule has 1 aromatic heterocycles. The first kappa shape index (κ1) is 10.2. The molecule has 2 atom stereocenters. The molecule has 2 heterocycles. The van der Waals surface area contributed by atoms with Crippen LogP contribution in [-0.2, 0) is 10.0 Å². The Morgan fingerprint density at radius 1 is 1.14 bits per heavy atom. The molecule has 0 saturated carbocycles. The predicted octanol–water partition coefficient (Wildman–Crippen LogP) is 4.82. The van der Waals surface area contributed by atoms with Crippen LogP contribution in [0.2, 0.25) is 0 Å². The highest BCUT2D eigenvalue weighted by Gasteiger charge is 2.22. The number of nitrogens with zero attached hydrogens (tertiary/aromatic N) is 3. The average Bonchev–Trinajstić information content (AvgIpc) is 3.12. The fourth-order valence-corrected chi connectivity index (χ4v) is 3.89. The van der Waals surface area contributed by atoms with Crippen LogP contribution in [-0.4, -0.2) is 54.9 Å². The lowest BCUT2D eigenvalue weighted by Crippen LogP contribution is -2.40. The average molecular weight is 548 g/mol. The Balaban J connectivity index is 1.62. The summed E-state index contributed by atoms with van der Waals surface area (Å²) in [4.78, 5) is 7.05. The van der Waals surface area contributed by atoms with Crippen LogP contribution in [0.3, 0.4) is 0 Å². The van der Waals surface area contributed by atoms with Crippen LogP contribution in [0.15, 0.2) is 59.6 Å². The molecule has 1 fully saturated rings. The Labute approximate surface area is 252 Å². The lowest BCUT2D eigenvalue weighted by Gasteiger charge is -2.20. The third kappa shape index (κ3) is 7.88. The van der Waals surface area contributed by atoms with E-state index in [0.29, 0.717) is 0 Å². The van der Waals surface area contributed by atoms with Crippen molar-refractivity contribution >= 4 is 33.2 Å². The van der Waals surface area contributed by atoms with E-state index in [1.165, 1.54) is 35.1 Å². The predicted molar refractivity (Wildman–Crippen MR) is 147 cm³/mol. The number of benzene rings is 2. The molecule has 3 aromatic rings. The van der Waals surface area contributed by atoms with Crippen LogP contribution >= 0.6 is 0 Å². The van der Waals surface area contributed by atoms with E-state index in [2.05, 4.69) is 20.6 Å². The highest BCUT2D eigenvalue weighted by Crippen LogP contribution is 2.24. The fraction of sp³-hybridized carbons (Fsp3) is 0.407. The fourth-order valence-electron chi connectivity index (χ4n) is 2.83. The Hall–Kier alpha value is -3.21. The van der Waals surface area contributed by atoms with Gasteiger partial charge in [-0.25, -0.2) is 18.1 Å². The van der Waals surface area contributed by atoms with Crippen molar-refractivity contribution in [3.8, 4) is 5.75 Å². The van der Waals surface area contributed by atoms with Gasteiger partial charge in [-0.3, -0.25) is 4.90 Å². The van der Waals surface area contributed by atoms with Gasteiger partial charge in [0.1, 0.15) is 18.2 Å². The van der Waals surface area contributed by atoms with E-state index in [1.54, 1.807) is 0 Å². The molecule has 2 unspecified atom stereocenters. The van der Waals surface area contributed by atoms with Gasteiger partial charge >= 0.3 is 0 Å². The summed E-state index contributed by atoms with van der Waals surface area (Å²) in [6.45, 7) is -26.0. The zero-order valence-electron chi connectivity index (χ0n) is 41.7. The molecule has 2 aromatic carbocycles. The Kier molecular flexibility index (Phi) is 3.15. The number of rotatable bonds is 10. The molecule has 37 heavy (non-hydrogen) atoms. The molecular formula is C27H36N6O3S. The molecule has 1 aliphatic heterocycles. The molecule has 0 amide bonds. The second-order valence-corrected chi connectivity index (χ2v) is 8.97. The largest absolute Gasteiger partial charge is 0.492 e. The third-order valence-electron chi connectivity index (χ3n) is 4.36. The highest BCUT2D eigenvalue weighted by molar-refractivity contribution is 7.89. The van der Waals surface area contributed by atoms with Crippen molar-refractivity contribution in [3.05, 3.63) is 60.3 Å². The molecular weight excluding hydrogens is 488 g/mol. The van der Waals surface area contributed by atoms with E-state index in [4.69, 9.17) is 36.3 Å². The molecule has 1 saturated heterocycles. The maximum absolute atomic E-state index is 13.5. The molecule has 198 valence electrons. The summed E-state index contributed by atoms with van der Waals surface area (Å²) in [5.74, 6) is -1.14. The molecule has 0 aliphatic carbocycles. The number of sulfonamides is 1. The highest BCUT2D eigenvalue weighted by atomic mass is 32.2. The quantitative estimate of drug-likeness (QED) is 0.331. The second-order valence-electron chi connectivity index (χ2n) is 7.29. The van der Waals surface area contributed by atoms with Gasteiger partial charge < -0.3 is 15.4 Å². The van der Waals surface area contributed by atoms with Crippen LogP contribution in [0, 0.1) is 6.85 Å². The first-order valence-corrected chi connectivity index (χ1v) is 11.7. The molecule has 9 nitrogen and oxygen atoms in total. The molecule has 4 rings (SSSR count). The van der Waals surface area contributed by atoms with E-state index >= 15 is 0 Å². The maximum Gasteiger partial charge on any atom is 0.241 e. The lowest BCUT2D eigenvalue weighted by molar-refractivity contribution is 0.238. The van der Waals surface area contributed by atoms with Crippen molar-refractivity contribution in [1.29, 1.82) is 0 Å². The monoisotopic (exact) mass is 547 g/mol. The van der Waals surface area contributed by atoms with Crippen molar-refractivity contribution in [2.75, 3.05) is 36.7 Å². The summed E-state index contributed by atoms with van der Waals surface area (Å²) in [7, 11) is -5.28. The molecule has 3 N–H and O–H groups in total. The third-order valence-corrected chi connectivity index (χ3v) is 5.81. The van der Waals surface area contributed by atoms with Gasteiger partial charge in [-0.2, -0.15) is 4.98 Å². The first-order chi connectivity index (χ1) is 26.8. The lowest BCUT2D eigenvalue weighted by atomic mass is 10.1. The topological polar surface area (TPSA) is 108 Å². The van der Waals surface area contributed by atoms with Crippen LogP contribution in [0.25, 0.3) is 0 Å². The number of aromatic nitrogens is 2. The van der Waals surface area contributed by atoms with Gasteiger partial charge in [0.05, 0.1) is 7.64 Å². The van der Waals surface area contributed by atoms with Gasteiger partial charge in [0.25, 0.3) is 0 Å². The summed E-state index contributed by atoms with van der Waals surface area (Å²) in [5.41, 5.74) is -4.85. The second kappa shape index (κ2) is 11.5. The molecule has 0 radical (unpaired) electrons. The minimum absolute atomic E-state index is 0.0458. The summed E-state index contributed by atoms with van der Waals surface area (Å²) >= 11 is 0. The van der Waals surface area contributed by atoms with E-state index in [1.807, 2.05) is 0 Å². The van der Waals surface area contributed by atoms with Gasteiger partial charge in [-0.1, -0.05) is 6.07 Å². The van der Waals surface area contributed by atoms with Gasteiger partial charge in [-0.15, -0.1) is 0 Å². The van der Waals surface area contributed by atoms with Crippen LogP contribution in [0.5, 0.6) is 5.75 Å². The van der Waals surface area contributed by atoms with Crippen LogP contribution < -0.4 is 20.1 Å². The van der Waals surface area contributed by atoms with Crippen molar-refractivity contribution in [1.82, 2.24) is 19.6 Å².